The van der Waals surface area contributed by atoms with E-state index in [2.05, 4.69) is 22.8 Å². The highest BCUT2D eigenvalue weighted by Crippen LogP contribution is 1.96. The Morgan fingerprint density at radius 3 is 2.40 bits per heavy atom. The zero-order chi connectivity index (χ0) is 7.40. The molecule has 0 amide bonds. The average Bonchev–Trinajstić information content (AvgIpc) is 1.95. The van der Waals surface area contributed by atoms with Crippen molar-refractivity contribution in [3.05, 3.63) is 6.42 Å². The van der Waals surface area contributed by atoms with E-state index in [1.807, 2.05) is 0 Å². The highest BCUT2D eigenvalue weighted by molar-refractivity contribution is 4.83. The largest absolute Gasteiger partial charge is 0.304 e. The van der Waals surface area contributed by atoms with Crippen LogP contribution >= 0.6 is 0 Å². The lowest BCUT2D eigenvalue weighted by Crippen LogP contribution is -2.44. The summed E-state index contributed by atoms with van der Waals surface area (Å²) in [6.45, 7) is 5.13. The Hall–Kier alpha value is -0.520. The summed E-state index contributed by atoms with van der Waals surface area (Å²) >= 11 is 0. The van der Waals surface area contributed by atoms with Crippen LogP contribution in [0.4, 0.5) is 0 Å². The quantitative estimate of drug-likeness (QED) is 0.463. The second-order valence-electron chi connectivity index (χ2n) is 2.76. The Balaban J connectivity index is 2.21. The van der Waals surface area contributed by atoms with Gasteiger partial charge in [0.15, 0.2) is 0 Å². The van der Waals surface area contributed by atoms with E-state index in [0.717, 1.165) is 26.2 Å². The number of rotatable bonds is 1. The van der Waals surface area contributed by atoms with Crippen LogP contribution in [0.25, 0.3) is 0 Å². The Kier molecular flexibility index (Phi) is 2.73. The molecule has 0 N–H and O–H groups in total. The van der Waals surface area contributed by atoms with Gasteiger partial charge >= 0.3 is 0 Å². The standard InChI is InChI=1S/C8H13N2/c1-3-4-10-7-5-9(2)6-8-10/h4-8H2,2H3. The molecule has 0 atom stereocenters. The van der Waals surface area contributed by atoms with Crippen molar-refractivity contribution in [1.82, 2.24) is 9.80 Å². The average molecular weight is 137 g/mol. The van der Waals surface area contributed by atoms with E-state index in [1.165, 1.54) is 0 Å². The Morgan fingerprint density at radius 1 is 1.30 bits per heavy atom. The van der Waals surface area contributed by atoms with Gasteiger partial charge in [0, 0.05) is 26.2 Å². The van der Waals surface area contributed by atoms with Crippen LogP contribution in [0.3, 0.4) is 0 Å². The molecule has 0 bridgehead atoms. The number of nitrogens with zero attached hydrogens (tertiary/aromatic N) is 2. The zero-order valence-electron chi connectivity index (χ0n) is 6.43. The molecule has 0 unspecified atom stereocenters. The van der Waals surface area contributed by atoms with Gasteiger partial charge in [0.05, 0.1) is 6.54 Å². The van der Waals surface area contributed by atoms with Gasteiger partial charge in [-0.1, -0.05) is 5.92 Å². The van der Waals surface area contributed by atoms with Gasteiger partial charge in [-0.25, -0.2) is 0 Å². The summed E-state index contributed by atoms with van der Waals surface area (Å²) in [5.74, 6) is 2.41. The monoisotopic (exact) mass is 137 g/mol. The molecule has 0 aromatic carbocycles. The molecule has 2 nitrogen and oxygen atoms in total. The number of likely N-dealkylation sites (N-methyl/N-ethyl adjacent to an activating group) is 1. The molecule has 2 heteroatoms. The van der Waals surface area contributed by atoms with Crippen molar-refractivity contribution >= 4 is 0 Å². The van der Waals surface area contributed by atoms with Crippen molar-refractivity contribution in [2.45, 2.75) is 0 Å². The third kappa shape index (κ3) is 2.02. The molecule has 1 fully saturated rings. The summed E-state index contributed by atoms with van der Waals surface area (Å²) in [5, 5.41) is 0. The maximum atomic E-state index is 6.78. The number of hydrogen-bond acceptors (Lipinski definition) is 2. The van der Waals surface area contributed by atoms with Crippen LogP contribution in [0.2, 0.25) is 0 Å². The van der Waals surface area contributed by atoms with E-state index < -0.39 is 0 Å². The second-order valence-corrected chi connectivity index (χ2v) is 2.76. The van der Waals surface area contributed by atoms with Crippen molar-refractivity contribution in [2.24, 2.45) is 0 Å². The van der Waals surface area contributed by atoms with E-state index in [4.69, 9.17) is 6.42 Å². The van der Waals surface area contributed by atoms with Crippen LogP contribution in [0.15, 0.2) is 0 Å². The molecular formula is C8H13N2. The number of hydrogen-bond donors (Lipinski definition) is 0. The lowest BCUT2D eigenvalue weighted by atomic mass is 10.3. The Morgan fingerprint density at radius 2 is 1.90 bits per heavy atom. The van der Waals surface area contributed by atoms with Crippen molar-refractivity contribution in [3.63, 3.8) is 0 Å². The number of piperazine rings is 1. The first-order valence-electron chi connectivity index (χ1n) is 3.63. The van der Waals surface area contributed by atoms with Gasteiger partial charge in [0.25, 0.3) is 0 Å². The molecule has 1 rings (SSSR count). The van der Waals surface area contributed by atoms with Crippen LogP contribution in [0.5, 0.6) is 0 Å². The predicted octanol–water partition coefficient (Wildman–Crippen LogP) is -0.176. The molecule has 1 radical (unpaired) electrons. The minimum absolute atomic E-state index is 0.702. The summed E-state index contributed by atoms with van der Waals surface area (Å²) in [7, 11) is 2.13. The van der Waals surface area contributed by atoms with E-state index in [1.54, 1.807) is 0 Å². The molecular weight excluding hydrogens is 124 g/mol. The molecule has 1 aliphatic heterocycles. The lowest BCUT2D eigenvalue weighted by molar-refractivity contribution is 0.168. The van der Waals surface area contributed by atoms with Gasteiger partial charge in [-0.05, 0) is 13.5 Å². The van der Waals surface area contributed by atoms with Gasteiger partial charge in [-0.15, -0.1) is 0 Å². The molecule has 0 aromatic rings. The van der Waals surface area contributed by atoms with Crippen LogP contribution in [-0.2, 0) is 0 Å². The molecule has 1 aliphatic rings. The van der Waals surface area contributed by atoms with Gasteiger partial charge in [0.2, 0.25) is 0 Å². The smallest absolute Gasteiger partial charge is 0.0612 e. The third-order valence-electron chi connectivity index (χ3n) is 1.90. The van der Waals surface area contributed by atoms with Crippen molar-refractivity contribution in [3.8, 4) is 5.92 Å². The molecule has 0 aromatic heterocycles. The van der Waals surface area contributed by atoms with Gasteiger partial charge in [-0.2, -0.15) is 0 Å². The third-order valence-corrected chi connectivity index (χ3v) is 1.90. The van der Waals surface area contributed by atoms with Crippen molar-refractivity contribution in [1.29, 1.82) is 0 Å². The fourth-order valence-electron chi connectivity index (χ4n) is 1.12. The van der Waals surface area contributed by atoms with Crippen molar-refractivity contribution < 1.29 is 0 Å². The van der Waals surface area contributed by atoms with Crippen LogP contribution in [0.1, 0.15) is 0 Å². The van der Waals surface area contributed by atoms with Crippen LogP contribution < -0.4 is 0 Å². The maximum absolute atomic E-state index is 6.78. The lowest BCUT2D eigenvalue weighted by Gasteiger charge is -2.30. The predicted molar refractivity (Wildman–Crippen MR) is 41.1 cm³/mol. The summed E-state index contributed by atoms with van der Waals surface area (Å²) in [5.41, 5.74) is 0. The normalized spacial score (nSPS) is 22.4. The molecule has 0 saturated carbocycles. The molecule has 55 valence electrons. The minimum Gasteiger partial charge on any atom is -0.304 e. The first-order valence-corrected chi connectivity index (χ1v) is 3.63. The summed E-state index contributed by atoms with van der Waals surface area (Å²) < 4.78 is 0. The summed E-state index contributed by atoms with van der Waals surface area (Å²) in [4.78, 5) is 4.55. The maximum Gasteiger partial charge on any atom is 0.0612 e. The minimum atomic E-state index is 0.702. The van der Waals surface area contributed by atoms with Gasteiger partial charge in [-0.3, -0.25) is 4.90 Å². The van der Waals surface area contributed by atoms with Crippen LogP contribution in [0, 0.1) is 12.3 Å². The van der Waals surface area contributed by atoms with E-state index in [-0.39, 0.29) is 0 Å². The second kappa shape index (κ2) is 3.60. The zero-order valence-corrected chi connectivity index (χ0v) is 6.43. The van der Waals surface area contributed by atoms with E-state index >= 15 is 0 Å². The van der Waals surface area contributed by atoms with E-state index in [0.29, 0.717) is 6.54 Å². The fourth-order valence-corrected chi connectivity index (χ4v) is 1.12. The molecule has 0 aliphatic carbocycles. The van der Waals surface area contributed by atoms with Crippen LogP contribution in [-0.4, -0.2) is 49.6 Å². The Bertz CT molecular complexity index is 129. The first kappa shape index (κ1) is 7.59. The summed E-state index contributed by atoms with van der Waals surface area (Å²) in [6.07, 6.45) is 6.78. The van der Waals surface area contributed by atoms with E-state index in [9.17, 15) is 0 Å². The molecule has 1 saturated heterocycles. The molecule has 10 heavy (non-hydrogen) atoms. The topological polar surface area (TPSA) is 6.48 Å². The molecule has 0 spiro atoms. The molecule has 1 heterocycles. The summed E-state index contributed by atoms with van der Waals surface area (Å²) in [6, 6.07) is 0. The Labute approximate surface area is 62.8 Å². The fraction of sp³-hybridized carbons (Fsp3) is 0.750. The van der Waals surface area contributed by atoms with Gasteiger partial charge in [0.1, 0.15) is 0 Å². The van der Waals surface area contributed by atoms with Gasteiger partial charge < -0.3 is 4.90 Å². The highest BCUT2D eigenvalue weighted by Gasteiger charge is 2.11. The highest BCUT2D eigenvalue weighted by atomic mass is 15.2. The SMILES string of the molecule is [C]#CCN1CCN(C)CC1. The van der Waals surface area contributed by atoms with Crippen molar-refractivity contribution in [2.75, 3.05) is 39.8 Å². The first-order chi connectivity index (χ1) is 4.83.